The van der Waals surface area contributed by atoms with Gasteiger partial charge in [-0.05, 0) is 38.8 Å². The Morgan fingerprint density at radius 2 is 2.16 bits per heavy atom. The van der Waals surface area contributed by atoms with Crippen LogP contribution < -0.4 is 0 Å². The second-order valence-electron chi connectivity index (χ2n) is 5.24. The highest BCUT2D eigenvalue weighted by atomic mass is 16.8. The lowest BCUT2D eigenvalue weighted by Crippen LogP contribution is -2.27. The summed E-state index contributed by atoms with van der Waals surface area (Å²) in [5, 5.41) is 18.0. The molecule has 1 saturated heterocycles. The molecule has 0 spiro atoms. The van der Waals surface area contributed by atoms with E-state index in [-0.39, 0.29) is 30.9 Å². The standard InChI is InChI=1S/C11H21N3O4.H2O/c1-11(2,3)10(16)17-8-18-13-12-14-6-4-5-9(14)7-15;/h9,15H,4-8H2,1-3H3;1H2/b13-12-;. The van der Waals surface area contributed by atoms with Crippen molar-refractivity contribution in [2.45, 2.75) is 39.7 Å². The molecular formula is C11H23N3O5. The Hall–Kier alpha value is -1.41. The smallest absolute Gasteiger partial charge is 0.314 e. The number of hydrogen-bond donors (Lipinski definition) is 1. The number of aliphatic hydroxyl groups is 1. The molecule has 0 bridgehead atoms. The van der Waals surface area contributed by atoms with Gasteiger partial charge in [0.2, 0.25) is 0 Å². The zero-order chi connectivity index (χ0) is 13.6. The summed E-state index contributed by atoms with van der Waals surface area (Å²) in [6.07, 6.45) is 1.87. The Bertz CT molecular complexity index is 303. The Balaban J connectivity index is 0.00000324. The van der Waals surface area contributed by atoms with Gasteiger partial charge >= 0.3 is 5.97 Å². The Labute approximate surface area is 112 Å². The summed E-state index contributed by atoms with van der Waals surface area (Å²) in [4.78, 5) is 16.1. The van der Waals surface area contributed by atoms with Crippen molar-refractivity contribution in [2.24, 2.45) is 15.9 Å². The molecule has 0 aromatic heterocycles. The number of carbonyl (C=O) groups is 1. The van der Waals surface area contributed by atoms with Crippen LogP contribution in [0.1, 0.15) is 33.6 Å². The van der Waals surface area contributed by atoms with E-state index in [1.165, 1.54) is 0 Å². The van der Waals surface area contributed by atoms with E-state index in [1.54, 1.807) is 25.8 Å². The summed E-state index contributed by atoms with van der Waals surface area (Å²) in [6.45, 7) is 5.82. The molecule has 3 N–H and O–H groups in total. The van der Waals surface area contributed by atoms with Crippen LogP contribution in [0.2, 0.25) is 0 Å². The third-order valence-corrected chi connectivity index (χ3v) is 2.62. The molecule has 0 radical (unpaired) electrons. The third-order valence-electron chi connectivity index (χ3n) is 2.62. The first-order valence-corrected chi connectivity index (χ1v) is 6.03. The fourth-order valence-corrected chi connectivity index (χ4v) is 1.52. The van der Waals surface area contributed by atoms with Crippen LogP contribution in [0.15, 0.2) is 10.5 Å². The van der Waals surface area contributed by atoms with E-state index in [4.69, 9.17) is 14.7 Å². The summed E-state index contributed by atoms with van der Waals surface area (Å²) in [6, 6.07) is 0.00877. The van der Waals surface area contributed by atoms with Gasteiger partial charge in [-0.15, -0.1) is 0 Å². The predicted molar refractivity (Wildman–Crippen MR) is 66.8 cm³/mol. The molecule has 1 fully saturated rings. The van der Waals surface area contributed by atoms with Crippen molar-refractivity contribution in [3.63, 3.8) is 0 Å². The maximum absolute atomic E-state index is 11.4. The average molecular weight is 277 g/mol. The normalized spacial score (nSPS) is 19.4. The molecule has 1 heterocycles. The van der Waals surface area contributed by atoms with Crippen molar-refractivity contribution in [1.82, 2.24) is 5.01 Å². The number of aliphatic hydroxyl groups excluding tert-OH is 1. The van der Waals surface area contributed by atoms with Gasteiger partial charge in [-0.1, -0.05) is 0 Å². The van der Waals surface area contributed by atoms with Gasteiger partial charge in [0, 0.05) is 11.8 Å². The van der Waals surface area contributed by atoms with Crippen LogP contribution in [0.3, 0.4) is 0 Å². The van der Waals surface area contributed by atoms with Crippen molar-refractivity contribution in [2.75, 3.05) is 19.9 Å². The molecule has 1 rings (SSSR count). The van der Waals surface area contributed by atoms with E-state index >= 15 is 0 Å². The number of hydrogen-bond acceptors (Lipinski definition) is 6. The van der Waals surface area contributed by atoms with Crippen LogP contribution in [0.4, 0.5) is 0 Å². The molecule has 8 heteroatoms. The second-order valence-corrected chi connectivity index (χ2v) is 5.24. The fraction of sp³-hybridized carbons (Fsp3) is 0.909. The minimum atomic E-state index is -0.558. The van der Waals surface area contributed by atoms with Gasteiger partial charge in [0.15, 0.2) is 0 Å². The number of carbonyl (C=O) groups excluding carboxylic acids is 1. The van der Waals surface area contributed by atoms with Crippen molar-refractivity contribution in [3.8, 4) is 0 Å². The van der Waals surface area contributed by atoms with Crippen LogP contribution in [-0.4, -0.2) is 47.5 Å². The molecule has 1 atom stereocenters. The lowest BCUT2D eigenvalue weighted by Gasteiger charge is -2.17. The Kier molecular flexibility index (Phi) is 7.32. The topological polar surface area (TPSA) is 115 Å². The molecule has 112 valence electrons. The molecule has 1 aliphatic heterocycles. The summed E-state index contributed by atoms with van der Waals surface area (Å²) in [5.41, 5.74) is -0.558. The average Bonchev–Trinajstić information content (AvgIpc) is 2.74. The number of nitrogens with zero attached hydrogens (tertiary/aromatic N) is 3. The molecule has 8 nitrogen and oxygen atoms in total. The van der Waals surface area contributed by atoms with Crippen molar-refractivity contribution < 1.29 is 25.0 Å². The molecule has 19 heavy (non-hydrogen) atoms. The molecule has 0 amide bonds. The first-order chi connectivity index (χ1) is 8.45. The van der Waals surface area contributed by atoms with Gasteiger partial charge in [0.05, 0.1) is 18.1 Å². The minimum absolute atomic E-state index is 0. The number of rotatable bonds is 5. The van der Waals surface area contributed by atoms with Crippen LogP contribution in [-0.2, 0) is 14.4 Å². The van der Waals surface area contributed by atoms with E-state index in [9.17, 15) is 4.79 Å². The molecule has 1 aliphatic rings. The molecular weight excluding hydrogens is 254 g/mol. The maximum Gasteiger partial charge on any atom is 0.314 e. The highest BCUT2D eigenvalue weighted by molar-refractivity contribution is 5.75. The molecule has 0 aromatic rings. The maximum atomic E-state index is 11.4. The Morgan fingerprint density at radius 3 is 2.74 bits per heavy atom. The number of esters is 1. The van der Waals surface area contributed by atoms with Gasteiger partial charge in [-0.25, -0.2) is 0 Å². The highest BCUT2D eigenvalue weighted by Gasteiger charge is 2.24. The lowest BCUT2D eigenvalue weighted by atomic mass is 9.98. The van der Waals surface area contributed by atoms with Crippen molar-refractivity contribution in [1.29, 1.82) is 0 Å². The fourth-order valence-electron chi connectivity index (χ4n) is 1.52. The van der Waals surface area contributed by atoms with E-state index in [2.05, 4.69) is 10.5 Å². The van der Waals surface area contributed by atoms with Gasteiger partial charge in [-0.3, -0.25) is 9.80 Å². The van der Waals surface area contributed by atoms with E-state index in [0.717, 1.165) is 19.4 Å². The summed E-state index contributed by atoms with van der Waals surface area (Å²) in [7, 11) is 0. The monoisotopic (exact) mass is 277 g/mol. The SMILES string of the molecule is CC(C)(C)C(=O)OCO/N=N\N1CCCC1CO.O. The van der Waals surface area contributed by atoms with Crippen molar-refractivity contribution >= 4 is 5.97 Å². The van der Waals surface area contributed by atoms with Gasteiger partial charge in [0.25, 0.3) is 6.79 Å². The quantitative estimate of drug-likeness (QED) is 0.258. The summed E-state index contributed by atoms with van der Waals surface area (Å²) < 4.78 is 4.84. The highest BCUT2D eigenvalue weighted by Crippen LogP contribution is 2.17. The third kappa shape index (κ3) is 5.84. The van der Waals surface area contributed by atoms with Crippen molar-refractivity contribution in [3.05, 3.63) is 0 Å². The zero-order valence-electron chi connectivity index (χ0n) is 11.6. The van der Waals surface area contributed by atoms with Crippen LogP contribution in [0, 0.1) is 5.41 Å². The number of ether oxygens (including phenoxy) is 1. The summed E-state index contributed by atoms with van der Waals surface area (Å²) in [5.74, 6) is -0.355. The van der Waals surface area contributed by atoms with Gasteiger partial charge in [-0.2, -0.15) is 0 Å². The zero-order valence-corrected chi connectivity index (χ0v) is 11.6. The van der Waals surface area contributed by atoms with E-state index < -0.39 is 5.41 Å². The first-order valence-electron chi connectivity index (χ1n) is 6.03. The van der Waals surface area contributed by atoms with Gasteiger partial charge in [0.1, 0.15) is 0 Å². The largest absolute Gasteiger partial charge is 0.425 e. The predicted octanol–water partition coefficient (Wildman–Crippen LogP) is 0.464. The minimum Gasteiger partial charge on any atom is -0.425 e. The Morgan fingerprint density at radius 1 is 1.47 bits per heavy atom. The van der Waals surface area contributed by atoms with E-state index in [1.807, 2.05) is 0 Å². The van der Waals surface area contributed by atoms with Gasteiger partial charge < -0.3 is 20.2 Å². The summed E-state index contributed by atoms with van der Waals surface area (Å²) >= 11 is 0. The lowest BCUT2D eigenvalue weighted by molar-refractivity contribution is -0.167. The van der Waals surface area contributed by atoms with Crippen LogP contribution in [0.5, 0.6) is 0 Å². The molecule has 0 aliphatic carbocycles. The van der Waals surface area contributed by atoms with Crippen LogP contribution in [0.25, 0.3) is 0 Å². The molecule has 0 saturated carbocycles. The van der Waals surface area contributed by atoms with E-state index in [0.29, 0.717) is 0 Å². The molecule has 0 aromatic carbocycles. The first kappa shape index (κ1) is 17.6. The molecule has 1 unspecified atom stereocenters. The van der Waals surface area contributed by atoms with Crippen LogP contribution >= 0.6 is 0 Å². The second kappa shape index (κ2) is 7.90.